The summed E-state index contributed by atoms with van der Waals surface area (Å²) in [5.74, 6) is 1.08. The van der Waals surface area contributed by atoms with Gasteiger partial charge in [-0.3, -0.25) is 0 Å². The molecule has 0 amide bonds. The second-order valence-electron chi connectivity index (χ2n) is 4.04. The molecule has 0 bridgehead atoms. The first-order valence-corrected chi connectivity index (χ1v) is 8.73. The maximum absolute atomic E-state index is 4.35. The van der Waals surface area contributed by atoms with Crippen LogP contribution in [-0.2, 0) is 5.75 Å². The van der Waals surface area contributed by atoms with Gasteiger partial charge in [0.1, 0.15) is 0 Å². The molecular formula is C12H8N2S2Se. The van der Waals surface area contributed by atoms with Crippen molar-refractivity contribution in [3.05, 3.63) is 28.2 Å². The number of hydrogen-bond acceptors (Lipinski definition) is 4. The molecule has 0 saturated carbocycles. The Morgan fingerprint density at radius 1 is 1.35 bits per heavy atom. The Labute approximate surface area is 113 Å². The molecule has 84 valence electrons. The molecule has 0 aliphatic carbocycles. The molecule has 4 rings (SSSR count). The number of fused-ring (bicyclic) bond motifs is 5. The summed E-state index contributed by atoms with van der Waals surface area (Å²) in [5, 5.41) is 5.78. The Kier molecular flexibility index (Phi) is 2.24. The number of rotatable bonds is 0. The van der Waals surface area contributed by atoms with Gasteiger partial charge in [0, 0.05) is 0 Å². The molecule has 3 heterocycles. The SMILES string of the molecule is Cc1cccc2sc3c(c12)SCc1[se]nnc1-3. The van der Waals surface area contributed by atoms with E-state index >= 15 is 0 Å². The Morgan fingerprint density at radius 3 is 3.24 bits per heavy atom. The summed E-state index contributed by atoms with van der Waals surface area (Å²) >= 11 is 4.09. The predicted molar refractivity (Wildman–Crippen MR) is 74.1 cm³/mol. The van der Waals surface area contributed by atoms with Crippen molar-refractivity contribution in [1.29, 1.82) is 0 Å². The van der Waals surface area contributed by atoms with Crippen LogP contribution < -0.4 is 0 Å². The molecule has 1 aliphatic rings. The van der Waals surface area contributed by atoms with Crippen molar-refractivity contribution in [1.82, 2.24) is 9.19 Å². The summed E-state index contributed by atoms with van der Waals surface area (Å²) in [7, 11) is 0. The van der Waals surface area contributed by atoms with Crippen LogP contribution in [0.4, 0.5) is 0 Å². The summed E-state index contributed by atoms with van der Waals surface area (Å²) < 4.78 is 7.06. The van der Waals surface area contributed by atoms with E-state index in [1.807, 2.05) is 23.1 Å². The fraction of sp³-hybridized carbons (Fsp3) is 0.167. The molecular weight excluding hydrogens is 315 g/mol. The van der Waals surface area contributed by atoms with Crippen LogP contribution >= 0.6 is 23.1 Å². The Balaban J connectivity index is 2.14. The number of thiophene rings is 1. The van der Waals surface area contributed by atoms with Crippen LogP contribution in [0.2, 0.25) is 0 Å². The van der Waals surface area contributed by atoms with Crippen molar-refractivity contribution < 1.29 is 0 Å². The zero-order valence-corrected chi connectivity index (χ0v) is 12.4. The third kappa shape index (κ3) is 1.40. The van der Waals surface area contributed by atoms with Crippen molar-refractivity contribution in [2.24, 2.45) is 0 Å². The molecule has 0 spiro atoms. The predicted octanol–water partition coefficient (Wildman–Crippen LogP) is 3.33. The molecule has 0 radical (unpaired) electrons. The third-order valence-corrected chi connectivity index (χ3v) is 7.35. The van der Waals surface area contributed by atoms with Crippen LogP contribution in [0.3, 0.4) is 0 Å². The molecule has 0 atom stereocenters. The number of aromatic nitrogens is 2. The van der Waals surface area contributed by atoms with Gasteiger partial charge in [-0.1, -0.05) is 0 Å². The van der Waals surface area contributed by atoms with Crippen molar-refractivity contribution in [3.63, 3.8) is 0 Å². The molecule has 3 aromatic rings. The molecule has 1 aromatic carbocycles. The van der Waals surface area contributed by atoms with Crippen molar-refractivity contribution in [3.8, 4) is 10.6 Å². The fourth-order valence-corrected chi connectivity index (χ4v) is 6.65. The molecule has 17 heavy (non-hydrogen) atoms. The van der Waals surface area contributed by atoms with Gasteiger partial charge in [0.2, 0.25) is 0 Å². The number of aryl methyl sites for hydroxylation is 1. The topological polar surface area (TPSA) is 25.8 Å². The van der Waals surface area contributed by atoms with Crippen LogP contribution in [0.5, 0.6) is 0 Å². The quantitative estimate of drug-likeness (QED) is 0.594. The van der Waals surface area contributed by atoms with Gasteiger partial charge in [0.15, 0.2) is 0 Å². The Morgan fingerprint density at radius 2 is 2.29 bits per heavy atom. The molecule has 2 aromatic heterocycles. The van der Waals surface area contributed by atoms with Crippen molar-refractivity contribution >= 4 is 47.9 Å². The monoisotopic (exact) mass is 324 g/mol. The maximum atomic E-state index is 4.35. The second-order valence-corrected chi connectivity index (χ2v) is 7.84. The number of thioether (sulfide) groups is 1. The van der Waals surface area contributed by atoms with E-state index in [0.29, 0.717) is 0 Å². The molecule has 0 saturated heterocycles. The van der Waals surface area contributed by atoms with Gasteiger partial charge in [0.05, 0.1) is 0 Å². The average Bonchev–Trinajstić information content (AvgIpc) is 2.91. The molecule has 5 heteroatoms. The molecule has 0 fully saturated rings. The number of nitrogens with zero attached hydrogens (tertiary/aromatic N) is 2. The molecule has 2 nitrogen and oxygen atoms in total. The minimum absolute atomic E-state index is 0.255. The summed E-state index contributed by atoms with van der Waals surface area (Å²) in [6.07, 6.45) is 0. The Hall–Kier alpha value is -0.611. The van der Waals surface area contributed by atoms with E-state index in [-0.39, 0.29) is 14.7 Å². The van der Waals surface area contributed by atoms with Gasteiger partial charge in [-0.25, -0.2) is 0 Å². The van der Waals surface area contributed by atoms with Crippen molar-refractivity contribution in [2.75, 3.05) is 0 Å². The first kappa shape index (κ1) is 10.3. The van der Waals surface area contributed by atoms with E-state index in [4.69, 9.17) is 0 Å². The van der Waals surface area contributed by atoms with Crippen LogP contribution in [0.25, 0.3) is 20.7 Å². The van der Waals surface area contributed by atoms with E-state index in [1.54, 1.807) is 0 Å². The zero-order chi connectivity index (χ0) is 11.4. The molecule has 1 aliphatic heterocycles. The van der Waals surface area contributed by atoms with Crippen LogP contribution in [0.1, 0.15) is 10.0 Å². The van der Waals surface area contributed by atoms with Gasteiger partial charge in [0.25, 0.3) is 0 Å². The van der Waals surface area contributed by atoms with Crippen LogP contribution in [0.15, 0.2) is 23.1 Å². The van der Waals surface area contributed by atoms with Crippen molar-refractivity contribution in [2.45, 2.75) is 17.6 Å². The Bertz CT molecular complexity index is 729. The van der Waals surface area contributed by atoms with E-state index < -0.39 is 0 Å². The van der Waals surface area contributed by atoms with Crippen LogP contribution in [0, 0.1) is 6.92 Å². The van der Waals surface area contributed by atoms with E-state index in [9.17, 15) is 0 Å². The normalized spacial score (nSPS) is 13.7. The number of benzene rings is 1. The standard InChI is InChI=1S/C12H8N2S2Se/c1-6-3-2-4-7-9(6)11-12(16-7)10-8(5-15-11)17-14-13-10/h2-4H,5H2,1H3. The first-order valence-electron chi connectivity index (χ1n) is 5.31. The molecule has 0 N–H and O–H groups in total. The van der Waals surface area contributed by atoms with Crippen LogP contribution in [-0.4, -0.2) is 23.9 Å². The summed E-state index contributed by atoms with van der Waals surface area (Å²) in [4.78, 5) is 2.78. The summed E-state index contributed by atoms with van der Waals surface area (Å²) in [5.41, 5.74) is 2.55. The van der Waals surface area contributed by atoms with Gasteiger partial charge in [-0.2, -0.15) is 0 Å². The minimum atomic E-state index is 0.255. The van der Waals surface area contributed by atoms with Gasteiger partial charge >= 0.3 is 113 Å². The summed E-state index contributed by atoms with van der Waals surface area (Å²) in [6, 6.07) is 6.54. The van der Waals surface area contributed by atoms with Gasteiger partial charge in [-0.05, 0) is 0 Å². The van der Waals surface area contributed by atoms with E-state index in [0.717, 1.165) is 5.75 Å². The van der Waals surface area contributed by atoms with Gasteiger partial charge < -0.3 is 0 Å². The van der Waals surface area contributed by atoms with E-state index in [1.165, 1.54) is 35.6 Å². The molecule has 0 unspecified atom stereocenters. The zero-order valence-electron chi connectivity index (χ0n) is 9.06. The first-order chi connectivity index (χ1) is 8.34. The average molecular weight is 323 g/mol. The fourth-order valence-electron chi connectivity index (χ4n) is 2.19. The summed E-state index contributed by atoms with van der Waals surface area (Å²) in [6.45, 7) is 2.19. The van der Waals surface area contributed by atoms with E-state index in [2.05, 4.69) is 34.3 Å². The third-order valence-electron chi connectivity index (χ3n) is 3.00. The number of hydrogen-bond donors (Lipinski definition) is 0. The second kappa shape index (κ2) is 3.69. The van der Waals surface area contributed by atoms with Gasteiger partial charge in [-0.15, -0.1) is 0 Å².